The van der Waals surface area contributed by atoms with Crippen molar-refractivity contribution < 1.29 is 4.79 Å². The maximum atomic E-state index is 11.9. The molecule has 0 aliphatic carbocycles. The Labute approximate surface area is 124 Å². The smallest absolute Gasteiger partial charge is 0.224 e. The van der Waals surface area contributed by atoms with Crippen LogP contribution in [0, 0.1) is 28.6 Å². The van der Waals surface area contributed by atoms with Crippen molar-refractivity contribution in [2.45, 2.75) is 25.7 Å². The molecular weight excluding hydrogens is 264 g/mol. The van der Waals surface area contributed by atoms with Crippen molar-refractivity contribution >= 4 is 11.6 Å². The van der Waals surface area contributed by atoms with Crippen LogP contribution < -0.4 is 10.6 Å². The van der Waals surface area contributed by atoms with E-state index < -0.39 is 0 Å². The first-order valence-corrected chi connectivity index (χ1v) is 7.17. The lowest BCUT2D eigenvalue weighted by Gasteiger charge is -2.22. The summed E-state index contributed by atoms with van der Waals surface area (Å²) in [5.74, 6) is 0.523. The molecule has 1 amide bonds. The fourth-order valence-corrected chi connectivity index (χ4v) is 2.54. The Balaban J connectivity index is 1.88. The number of amides is 1. The van der Waals surface area contributed by atoms with Crippen molar-refractivity contribution in [2.24, 2.45) is 5.92 Å². The number of hydrogen-bond acceptors (Lipinski definition) is 4. The molecule has 5 heteroatoms. The zero-order valence-corrected chi connectivity index (χ0v) is 11.9. The molecule has 5 nitrogen and oxygen atoms in total. The van der Waals surface area contributed by atoms with Crippen LogP contribution in [0.15, 0.2) is 18.2 Å². The Kier molecular flexibility index (Phi) is 5.31. The number of piperidine rings is 1. The minimum absolute atomic E-state index is 0.0471. The van der Waals surface area contributed by atoms with E-state index in [1.54, 1.807) is 18.2 Å². The van der Waals surface area contributed by atoms with Crippen LogP contribution in [-0.2, 0) is 4.79 Å². The Morgan fingerprint density at radius 3 is 2.81 bits per heavy atom. The maximum absolute atomic E-state index is 11.9. The van der Waals surface area contributed by atoms with Crippen LogP contribution in [0.3, 0.4) is 0 Å². The number of benzene rings is 1. The van der Waals surface area contributed by atoms with Gasteiger partial charge in [0.05, 0.1) is 11.1 Å². The first kappa shape index (κ1) is 15.0. The maximum Gasteiger partial charge on any atom is 0.224 e. The molecule has 1 aromatic carbocycles. The molecule has 0 bridgehead atoms. The quantitative estimate of drug-likeness (QED) is 0.885. The van der Waals surface area contributed by atoms with Gasteiger partial charge in [0.1, 0.15) is 12.1 Å². The van der Waals surface area contributed by atoms with Crippen molar-refractivity contribution in [3.63, 3.8) is 0 Å². The van der Waals surface area contributed by atoms with Crippen LogP contribution in [0.5, 0.6) is 0 Å². The summed E-state index contributed by atoms with van der Waals surface area (Å²) in [7, 11) is 0. The number of nitrogens with zero attached hydrogens (tertiary/aromatic N) is 2. The van der Waals surface area contributed by atoms with E-state index >= 15 is 0 Å². The molecule has 0 spiro atoms. The largest absolute Gasteiger partial charge is 0.326 e. The minimum Gasteiger partial charge on any atom is -0.326 e. The molecule has 2 N–H and O–H groups in total. The second-order valence-electron chi connectivity index (χ2n) is 5.28. The van der Waals surface area contributed by atoms with Gasteiger partial charge in [-0.15, -0.1) is 0 Å². The third-order valence-corrected chi connectivity index (χ3v) is 3.72. The number of rotatable bonds is 4. The summed E-state index contributed by atoms with van der Waals surface area (Å²) in [5, 5.41) is 23.9. The number of nitriles is 2. The Morgan fingerprint density at radius 2 is 2.14 bits per heavy atom. The molecule has 1 aliphatic rings. The van der Waals surface area contributed by atoms with Crippen LogP contribution in [0.2, 0.25) is 0 Å². The summed E-state index contributed by atoms with van der Waals surface area (Å²) < 4.78 is 0. The van der Waals surface area contributed by atoms with Crippen molar-refractivity contribution in [3.05, 3.63) is 29.3 Å². The zero-order chi connectivity index (χ0) is 15.1. The Hall–Kier alpha value is -2.37. The standard InChI is InChI=1S/C16H18N4O/c17-9-13-4-5-15(8-14(13)10-18)20-16(21)6-3-12-2-1-7-19-11-12/h4-5,8,12,19H,1-3,6-7,11H2,(H,20,21). The highest BCUT2D eigenvalue weighted by atomic mass is 16.1. The van der Waals surface area contributed by atoms with E-state index in [9.17, 15) is 4.79 Å². The van der Waals surface area contributed by atoms with Crippen molar-refractivity contribution in [3.8, 4) is 12.1 Å². The lowest BCUT2D eigenvalue weighted by molar-refractivity contribution is -0.116. The minimum atomic E-state index is -0.0471. The third kappa shape index (κ3) is 4.30. The van der Waals surface area contributed by atoms with Gasteiger partial charge in [-0.05, 0) is 56.5 Å². The van der Waals surface area contributed by atoms with Gasteiger partial charge in [-0.1, -0.05) is 0 Å². The van der Waals surface area contributed by atoms with Crippen molar-refractivity contribution in [1.29, 1.82) is 10.5 Å². The van der Waals surface area contributed by atoms with Gasteiger partial charge >= 0.3 is 0 Å². The first-order chi connectivity index (χ1) is 10.2. The molecule has 1 atom stereocenters. The monoisotopic (exact) mass is 282 g/mol. The number of hydrogen-bond donors (Lipinski definition) is 2. The molecule has 1 aliphatic heterocycles. The predicted molar refractivity (Wildman–Crippen MR) is 79.3 cm³/mol. The van der Waals surface area contributed by atoms with Crippen LogP contribution >= 0.6 is 0 Å². The molecule has 0 aromatic heterocycles. The van der Waals surface area contributed by atoms with Crippen LogP contribution in [-0.4, -0.2) is 19.0 Å². The number of carbonyl (C=O) groups is 1. The highest BCUT2D eigenvalue weighted by Crippen LogP contribution is 2.18. The molecule has 108 valence electrons. The second kappa shape index (κ2) is 7.42. The van der Waals surface area contributed by atoms with E-state index in [0.717, 1.165) is 19.5 Å². The van der Waals surface area contributed by atoms with E-state index in [4.69, 9.17) is 10.5 Å². The van der Waals surface area contributed by atoms with E-state index in [0.29, 0.717) is 23.6 Å². The van der Waals surface area contributed by atoms with Crippen LogP contribution in [0.4, 0.5) is 5.69 Å². The van der Waals surface area contributed by atoms with Crippen molar-refractivity contribution in [2.75, 3.05) is 18.4 Å². The van der Waals surface area contributed by atoms with Gasteiger partial charge in [0.25, 0.3) is 0 Å². The number of nitrogens with one attached hydrogen (secondary N) is 2. The van der Waals surface area contributed by atoms with Gasteiger partial charge in [0, 0.05) is 12.1 Å². The van der Waals surface area contributed by atoms with E-state index in [-0.39, 0.29) is 11.5 Å². The summed E-state index contributed by atoms with van der Waals surface area (Å²) in [5.41, 5.74) is 1.17. The molecule has 1 unspecified atom stereocenters. The van der Waals surface area contributed by atoms with Gasteiger partial charge < -0.3 is 10.6 Å². The lowest BCUT2D eigenvalue weighted by atomic mass is 9.94. The fourth-order valence-electron chi connectivity index (χ4n) is 2.54. The molecule has 2 rings (SSSR count). The molecule has 1 fully saturated rings. The fraction of sp³-hybridized carbons (Fsp3) is 0.438. The SMILES string of the molecule is N#Cc1ccc(NC(=O)CCC2CCCNC2)cc1C#N. The van der Waals surface area contributed by atoms with E-state index in [1.165, 1.54) is 12.8 Å². The normalized spacial score (nSPS) is 17.5. The highest BCUT2D eigenvalue weighted by Gasteiger charge is 2.14. The molecule has 1 saturated heterocycles. The number of carbonyl (C=O) groups excluding carboxylic acids is 1. The summed E-state index contributed by atoms with van der Waals surface area (Å²) in [4.78, 5) is 11.9. The Morgan fingerprint density at radius 1 is 1.33 bits per heavy atom. The molecule has 1 heterocycles. The van der Waals surface area contributed by atoms with E-state index in [2.05, 4.69) is 10.6 Å². The van der Waals surface area contributed by atoms with Gasteiger partial charge in [-0.2, -0.15) is 10.5 Å². The molecule has 0 radical (unpaired) electrons. The predicted octanol–water partition coefficient (Wildman–Crippen LogP) is 2.15. The van der Waals surface area contributed by atoms with Crippen molar-refractivity contribution in [1.82, 2.24) is 5.32 Å². The van der Waals surface area contributed by atoms with Gasteiger partial charge in [0.2, 0.25) is 5.91 Å². The molecular formula is C16H18N4O. The topological polar surface area (TPSA) is 88.7 Å². The molecule has 1 aromatic rings. The average molecular weight is 282 g/mol. The van der Waals surface area contributed by atoms with Crippen LogP contribution in [0.25, 0.3) is 0 Å². The molecule has 0 saturated carbocycles. The van der Waals surface area contributed by atoms with Crippen LogP contribution in [0.1, 0.15) is 36.8 Å². The third-order valence-electron chi connectivity index (χ3n) is 3.72. The Bertz CT molecular complexity index is 591. The summed E-state index contributed by atoms with van der Waals surface area (Å²) in [6.07, 6.45) is 3.71. The lowest BCUT2D eigenvalue weighted by Crippen LogP contribution is -2.30. The second-order valence-corrected chi connectivity index (χ2v) is 5.28. The summed E-state index contributed by atoms with van der Waals surface area (Å²) in [6, 6.07) is 8.66. The van der Waals surface area contributed by atoms with Gasteiger partial charge in [-0.25, -0.2) is 0 Å². The average Bonchev–Trinajstić information content (AvgIpc) is 2.53. The van der Waals surface area contributed by atoms with E-state index in [1.807, 2.05) is 12.1 Å². The summed E-state index contributed by atoms with van der Waals surface area (Å²) >= 11 is 0. The zero-order valence-electron chi connectivity index (χ0n) is 11.9. The molecule has 21 heavy (non-hydrogen) atoms. The number of anilines is 1. The van der Waals surface area contributed by atoms with Gasteiger partial charge in [-0.3, -0.25) is 4.79 Å². The summed E-state index contributed by atoms with van der Waals surface area (Å²) in [6.45, 7) is 2.06. The van der Waals surface area contributed by atoms with Gasteiger partial charge in [0.15, 0.2) is 0 Å². The first-order valence-electron chi connectivity index (χ1n) is 7.17. The highest BCUT2D eigenvalue weighted by molar-refractivity contribution is 5.91.